The van der Waals surface area contributed by atoms with Crippen LogP contribution in [0, 0.1) is 0 Å². The number of carbonyl (C=O) groups excluding carboxylic acids is 1. The van der Waals surface area contributed by atoms with Crippen LogP contribution >= 0.6 is 0 Å². The van der Waals surface area contributed by atoms with E-state index in [0.717, 1.165) is 18.4 Å². The van der Waals surface area contributed by atoms with E-state index in [1.54, 1.807) is 0 Å². The van der Waals surface area contributed by atoms with E-state index >= 15 is 0 Å². The van der Waals surface area contributed by atoms with Crippen molar-refractivity contribution in [3.63, 3.8) is 0 Å². The third kappa shape index (κ3) is 3.20. The van der Waals surface area contributed by atoms with Gasteiger partial charge in [0.1, 0.15) is 0 Å². The summed E-state index contributed by atoms with van der Waals surface area (Å²) in [6.45, 7) is 6.23. The van der Waals surface area contributed by atoms with Crippen LogP contribution in [0.25, 0.3) is 0 Å². The molecule has 0 saturated carbocycles. The van der Waals surface area contributed by atoms with E-state index in [1.165, 1.54) is 5.56 Å². The van der Waals surface area contributed by atoms with Gasteiger partial charge in [-0.3, -0.25) is 9.69 Å². The average Bonchev–Trinajstić information content (AvgIpc) is 2.38. The first-order valence-electron chi connectivity index (χ1n) is 6.72. The summed E-state index contributed by atoms with van der Waals surface area (Å²) in [6, 6.07) is 8.37. The first-order chi connectivity index (χ1) is 8.43. The molecule has 0 fully saturated rings. The lowest BCUT2D eigenvalue weighted by Gasteiger charge is -2.34. The van der Waals surface area contributed by atoms with Gasteiger partial charge in [0, 0.05) is 6.42 Å². The van der Waals surface area contributed by atoms with E-state index in [1.807, 2.05) is 25.9 Å². The highest BCUT2D eigenvalue weighted by Crippen LogP contribution is 2.20. The fraction of sp³-hybridized carbons (Fsp3) is 0.562. The molecule has 0 aliphatic carbocycles. The molecule has 2 heteroatoms. The van der Waals surface area contributed by atoms with Gasteiger partial charge in [0.2, 0.25) is 0 Å². The van der Waals surface area contributed by atoms with Gasteiger partial charge >= 0.3 is 0 Å². The molecule has 0 saturated heterocycles. The van der Waals surface area contributed by atoms with Gasteiger partial charge in [-0.15, -0.1) is 0 Å². The van der Waals surface area contributed by atoms with E-state index in [9.17, 15) is 4.79 Å². The maximum atomic E-state index is 12.4. The van der Waals surface area contributed by atoms with Crippen LogP contribution in [0.2, 0.25) is 0 Å². The molecule has 0 N–H and O–H groups in total. The van der Waals surface area contributed by atoms with Gasteiger partial charge in [-0.1, -0.05) is 38.1 Å². The Balaban J connectivity index is 2.80. The summed E-state index contributed by atoms with van der Waals surface area (Å²) in [7, 11) is 3.95. The quantitative estimate of drug-likeness (QED) is 0.770. The number of likely N-dealkylation sites (N-methyl/N-ethyl adjacent to an activating group) is 1. The fourth-order valence-corrected chi connectivity index (χ4v) is 2.03. The van der Waals surface area contributed by atoms with Gasteiger partial charge < -0.3 is 0 Å². The number of Topliss-reactive ketones (excluding diaryl/α,β-unsaturated/α-hetero) is 1. The fourth-order valence-electron chi connectivity index (χ4n) is 2.03. The van der Waals surface area contributed by atoms with Gasteiger partial charge in [-0.2, -0.15) is 0 Å². The third-order valence-electron chi connectivity index (χ3n) is 4.07. The molecule has 2 nitrogen and oxygen atoms in total. The highest BCUT2D eigenvalue weighted by molar-refractivity contribution is 5.89. The molecular formula is C16H25NO. The molecule has 0 spiro atoms. The van der Waals surface area contributed by atoms with Crippen molar-refractivity contribution in [2.24, 2.45) is 0 Å². The summed E-state index contributed by atoms with van der Waals surface area (Å²) < 4.78 is 0. The number of nitrogens with zero attached hydrogens (tertiary/aromatic N) is 1. The SMILES string of the molecule is CCc1ccc(CC(=O)C(C)(CC)N(C)C)cc1. The molecule has 0 aromatic heterocycles. The Hall–Kier alpha value is -1.15. The molecule has 1 aromatic rings. The molecule has 0 heterocycles. The lowest BCUT2D eigenvalue weighted by atomic mass is 9.88. The Labute approximate surface area is 111 Å². The molecule has 1 atom stereocenters. The zero-order valence-corrected chi connectivity index (χ0v) is 12.3. The van der Waals surface area contributed by atoms with Crippen molar-refractivity contribution < 1.29 is 4.79 Å². The molecule has 1 rings (SSSR count). The van der Waals surface area contributed by atoms with Crippen LogP contribution in [-0.2, 0) is 17.6 Å². The first-order valence-corrected chi connectivity index (χ1v) is 6.72. The van der Waals surface area contributed by atoms with Crippen molar-refractivity contribution in [3.05, 3.63) is 35.4 Å². The molecular weight excluding hydrogens is 222 g/mol. The van der Waals surface area contributed by atoms with Crippen molar-refractivity contribution in [2.45, 2.75) is 45.6 Å². The molecule has 18 heavy (non-hydrogen) atoms. The van der Waals surface area contributed by atoms with E-state index < -0.39 is 0 Å². The predicted octanol–water partition coefficient (Wildman–Crippen LogP) is 3.09. The van der Waals surface area contributed by atoms with Gasteiger partial charge in [0.25, 0.3) is 0 Å². The number of benzene rings is 1. The topological polar surface area (TPSA) is 20.3 Å². The summed E-state index contributed by atoms with van der Waals surface area (Å²) >= 11 is 0. The van der Waals surface area contributed by atoms with E-state index in [2.05, 4.69) is 38.1 Å². The van der Waals surface area contributed by atoms with Gasteiger partial charge in [-0.05, 0) is 45.0 Å². The Morgan fingerprint density at radius 1 is 1.11 bits per heavy atom. The Morgan fingerprint density at radius 2 is 1.61 bits per heavy atom. The van der Waals surface area contributed by atoms with E-state index in [-0.39, 0.29) is 5.54 Å². The molecule has 1 unspecified atom stereocenters. The Bertz CT molecular complexity index is 394. The highest BCUT2D eigenvalue weighted by Gasteiger charge is 2.32. The van der Waals surface area contributed by atoms with Crippen LogP contribution in [0.3, 0.4) is 0 Å². The number of aryl methyl sites for hydroxylation is 1. The number of ketones is 1. The van der Waals surface area contributed by atoms with Gasteiger partial charge in [-0.25, -0.2) is 0 Å². The molecule has 0 radical (unpaired) electrons. The highest BCUT2D eigenvalue weighted by atomic mass is 16.1. The third-order valence-corrected chi connectivity index (χ3v) is 4.07. The van der Waals surface area contributed by atoms with Crippen LogP contribution < -0.4 is 0 Å². The standard InChI is InChI=1S/C16H25NO/c1-6-13-8-10-14(11-9-13)12-15(18)16(3,7-2)17(4)5/h8-11H,6-7,12H2,1-5H3. The minimum absolute atomic E-state index is 0.291. The van der Waals surface area contributed by atoms with Crippen molar-refractivity contribution in [1.29, 1.82) is 0 Å². The molecule has 100 valence electrons. The van der Waals surface area contributed by atoms with Crippen LogP contribution in [0.1, 0.15) is 38.3 Å². The Kier molecular flexibility index (Phi) is 5.09. The van der Waals surface area contributed by atoms with Crippen molar-refractivity contribution in [3.8, 4) is 0 Å². The van der Waals surface area contributed by atoms with E-state index in [4.69, 9.17) is 0 Å². The van der Waals surface area contributed by atoms with Crippen LogP contribution in [0.5, 0.6) is 0 Å². The van der Waals surface area contributed by atoms with Crippen LogP contribution in [0.15, 0.2) is 24.3 Å². The van der Waals surface area contributed by atoms with Crippen molar-refractivity contribution in [2.75, 3.05) is 14.1 Å². The average molecular weight is 247 g/mol. The molecule has 0 aliphatic heterocycles. The Morgan fingerprint density at radius 3 is 2.00 bits per heavy atom. The summed E-state index contributed by atoms with van der Waals surface area (Å²) in [5, 5.41) is 0. The molecule has 0 amide bonds. The minimum Gasteiger partial charge on any atom is -0.297 e. The summed E-state index contributed by atoms with van der Waals surface area (Å²) in [6.07, 6.45) is 2.40. The summed E-state index contributed by atoms with van der Waals surface area (Å²) in [4.78, 5) is 14.4. The van der Waals surface area contributed by atoms with Crippen LogP contribution in [-0.4, -0.2) is 30.3 Å². The zero-order chi connectivity index (χ0) is 13.8. The second-order valence-corrected chi connectivity index (χ2v) is 5.29. The maximum Gasteiger partial charge on any atom is 0.157 e. The predicted molar refractivity (Wildman–Crippen MR) is 76.9 cm³/mol. The maximum absolute atomic E-state index is 12.4. The smallest absolute Gasteiger partial charge is 0.157 e. The van der Waals surface area contributed by atoms with Crippen LogP contribution in [0.4, 0.5) is 0 Å². The second kappa shape index (κ2) is 6.14. The largest absolute Gasteiger partial charge is 0.297 e. The van der Waals surface area contributed by atoms with E-state index in [0.29, 0.717) is 12.2 Å². The second-order valence-electron chi connectivity index (χ2n) is 5.29. The number of carbonyl (C=O) groups is 1. The molecule has 0 bridgehead atoms. The van der Waals surface area contributed by atoms with Gasteiger partial charge in [0.05, 0.1) is 5.54 Å². The normalized spacial score (nSPS) is 14.6. The summed E-state index contributed by atoms with van der Waals surface area (Å²) in [5.74, 6) is 0.291. The molecule has 0 aliphatic rings. The van der Waals surface area contributed by atoms with Crippen molar-refractivity contribution in [1.82, 2.24) is 4.90 Å². The molecule has 1 aromatic carbocycles. The van der Waals surface area contributed by atoms with Crippen molar-refractivity contribution >= 4 is 5.78 Å². The lowest BCUT2D eigenvalue weighted by molar-refractivity contribution is -0.128. The van der Waals surface area contributed by atoms with Gasteiger partial charge in [0.15, 0.2) is 5.78 Å². The first kappa shape index (κ1) is 14.9. The zero-order valence-electron chi connectivity index (χ0n) is 12.3. The number of hydrogen-bond acceptors (Lipinski definition) is 2. The lowest BCUT2D eigenvalue weighted by Crippen LogP contribution is -2.48. The summed E-state index contributed by atoms with van der Waals surface area (Å²) in [5.41, 5.74) is 2.07. The monoisotopic (exact) mass is 247 g/mol. The minimum atomic E-state index is -0.358. The number of rotatable bonds is 6. The number of hydrogen-bond donors (Lipinski definition) is 0.